The minimum Gasteiger partial charge on any atom is -0.352 e. The van der Waals surface area contributed by atoms with Crippen LogP contribution in [0.25, 0.3) is 17.5 Å². The second-order valence-electron chi connectivity index (χ2n) is 7.48. The second kappa shape index (κ2) is 9.43. The number of nitrogens with zero attached hydrogens (tertiary/aromatic N) is 4. The van der Waals surface area contributed by atoms with E-state index in [-0.39, 0.29) is 11.7 Å². The zero-order chi connectivity index (χ0) is 22.5. The lowest BCUT2D eigenvalue weighted by Gasteiger charge is -2.04. The summed E-state index contributed by atoms with van der Waals surface area (Å²) in [6, 6.07) is 16.0. The second-order valence-corrected chi connectivity index (χ2v) is 7.48. The molecular weight excluding hydrogens is 405 g/mol. The first-order valence-electron chi connectivity index (χ1n) is 10.4. The number of nitrogens with one attached hydrogen (secondary N) is 1. The Morgan fingerprint density at radius 1 is 1.06 bits per heavy atom. The molecule has 0 unspecified atom stereocenters. The number of amides is 1. The fourth-order valence-corrected chi connectivity index (χ4v) is 3.49. The smallest absolute Gasteiger partial charge is 0.244 e. The van der Waals surface area contributed by atoms with E-state index >= 15 is 0 Å². The number of hydrogen-bond donors (Lipinski definition) is 1. The molecule has 2 heterocycles. The van der Waals surface area contributed by atoms with E-state index in [2.05, 4.69) is 15.5 Å². The fourth-order valence-electron chi connectivity index (χ4n) is 3.49. The van der Waals surface area contributed by atoms with Crippen LogP contribution in [0.1, 0.15) is 22.5 Å². The highest BCUT2D eigenvalue weighted by Gasteiger charge is 2.11. The predicted octanol–water partition coefficient (Wildman–Crippen LogP) is 4.19. The summed E-state index contributed by atoms with van der Waals surface area (Å²) in [7, 11) is 0. The number of benzene rings is 2. The Hall–Kier alpha value is -4.00. The quantitative estimate of drug-likeness (QED) is 0.448. The van der Waals surface area contributed by atoms with E-state index in [9.17, 15) is 9.18 Å². The van der Waals surface area contributed by atoms with Gasteiger partial charge < -0.3 is 5.32 Å². The lowest BCUT2D eigenvalue weighted by atomic mass is 10.2. The number of rotatable bonds is 7. The van der Waals surface area contributed by atoms with Gasteiger partial charge in [0.05, 0.1) is 23.3 Å². The molecule has 0 aliphatic heterocycles. The van der Waals surface area contributed by atoms with Crippen LogP contribution in [0.15, 0.2) is 73.1 Å². The maximum atomic E-state index is 13.2. The average Bonchev–Trinajstić information content (AvgIpc) is 3.38. The topological polar surface area (TPSA) is 64.7 Å². The molecule has 0 aliphatic rings. The molecule has 2 aromatic carbocycles. The van der Waals surface area contributed by atoms with Gasteiger partial charge in [-0.15, -0.1) is 0 Å². The minimum atomic E-state index is -0.292. The van der Waals surface area contributed by atoms with Crippen LogP contribution < -0.4 is 5.32 Å². The van der Waals surface area contributed by atoms with Crippen molar-refractivity contribution in [1.29, 1.82) is 0 Å². The molecule has 162 valence electrons. The SMILES string of the molecule is Cc1nn(-c2ccc(F)cc2)c(C)c1/C=C/C(=O)NCCc1cnn(-c2ccccc2)c1. The largest absolute Gasteiger partial charge is 0.352 e. The van der Waals surface area contributed by atoms with Crippen molar-refractivity contribution in [2.24, 2.45) is 0 Å². The van der Waals surface area contributed by atoms with Crippen LogP contribution in [0, 0.1) is 19.7 Å². The molecule has 1 N–H and O–H groups in total. The van der Waals surface area contributed by atoms with Crippen molar-refractivity contribution < 1.29 is 9.18 Å². The summed E-state index contributed by atoms with van der Waals surface area (Å²) >= 11 is 0. The van der Waals surface area contributed by atoms with Gasteiger partial charge in [-0.2, -0.15) is 10.2 Å². The van der Waals surface area contributed by atoms with Gasteiger partial charge in [-0.25, -0.2) is 13.8 Å². The van der Waals surface area contributed by atoms with Gasteiger partial charge in [0, 0.05) is 30.1 Å². The molecular formula is C25H24FN5O. The number of aromatic nitrogens is 4. The van der Waals surface area contributed by atoms with E-state index in [0.29, 0.717) is 13.0 Å². The van der Waals surface area contributed by atoms with Crippen LogP contribution in [0.2, 0.25) is 0 Å². The van der Waals surface area contributed by atoms with E-state index in [4.69, 9.17) is 0 Å². The van der Waals surface area contributed by atoms with Crippen molar-refractivity contribution in [1.82, 2.24) is 24.9 Å². The normalized spacial score (nSPS) is 11.2. The molecule has 4 aromatic rings. The Morgan fingerprint density at radius 2 is 1.81 bits per heavy atom. The number of carbonyl (C=O) groups excluding carboxylic acids is 1. The van der Waals surface area contributed by atoms with E-state index in [1.807, 2.05) is 61.3 Å². The molecule has 4 rings (SSSR count). The zero-order valence-corrected chi connectivity index (χ0v) is 18.0. The average molecular weight is 429 g/mol. The van der Waals surface area contributed by atoms with Gasteiger partial charge in [0.2, 0.25) is 5.91 Å². The van der Waals surface area contributed by atoms with Gasteiger partial charge in [0.25, 0.3) is 0 Å². The maximum absolute atomic E-state index is 13.2. The third-order valence-electron chi connectivity index (χ3n) is 5.19. The van der Waals surface area contributed by atoms with Crippen molar-refractivity contribution in [2.45, 2.75) is 20.3 Å². The first-order chi connectivity index (χ1) is 15.5. The van der Waals surface area contributed by atoms with E-state index in [1.165, 1.54) is 18.2 Å². The molecule has 32 heavy (non-hydrogen) atoms. The van der Waals surface area contributed by atoms with Crippen molar-refractivity contribution in [3.8, 4) is 11.4 Å². The molecule has 0 radical (unpaired) electrons. The lowest BCUT2D eigenvalue weighted by molar-refractivity contribution is -0.116. The Balaban J connectivity index is 1.34. The fraction of sp³-hybridized carbons (Fsp3) is 0.160. The Bertz CT molecular complexity index is 1240. The Kier molecular flexibility index (Phi) is 6.26. The van der Waals surface area contributed by atoms with Crippen LogP contribution in [0.5, 0.6) is 0 Å². The molecule has 0 bridgehead atoms. The molecule has 0 aliphatic carbocycles. The predicted molar refractivity (Wildman–Crippen MR) is 122 cm³/mol. The van der Waals surface area contributed by atoms with Crippen LogP contribution in [0.3, 0.4) is 0 Å². The summed E-state index contributed by atoms with van der Waals surface area (Å²) in [6.07, 6.45) is 7.74. The standard InChI is InChI=1S/C25H24FN5O/c1-18-24(19(2)31(29-18)23-10-8-21(26)9-11-23)12-13-25(32)27-15-14-20-16-28-30(17-20)22-6-4-3-5-7-22/h3-13,16-17H,14-15H2,1-2H3,(H,27,32)/b13-12+. The number of para-hydroxylation sites is 1. The third kappa shape index (κ3) is 4.83. The van der Waals surface area contributed by atoms with E-state index in [1.54, 1.807) is 22.9 Å². The monoisotopic (exact) mass is 429 g/mol. The molecule has 0 spiro atoms. The summed E-state index contributed by atoms with van der Waals surface area (Å²) in [6.45, 7) is 4.32. The van der Waals surface area contributed by atoms with E-state index < -0.39 is 0 Å². The highest BCUT2D eigenvalue weighted by molar-refractivity contribution is 5.92. The molecule has 1 amide bonds. The van der Waals surface area contributed by atoms with Gasteiger partial charge in [-0.1, -0.05) is 18.2 Å². The summed E-state index contributed by atoms with van der Waals surface area (Å²) in [4.78, 5) is 12.3. The summed E-state index contributed by atoms with van der Waals surface area (Å²) in [5.74, 6) is -0.465. The molecule has 2 aromatic heterocycles. The minimum absolute atomic E-state index is 0.172. The number of carbonyl (C=O) groups is 1. The molecule has 7 heteroatoms. The van der Waals surface area contributed by atoms with Crippen LogP contribution in [-0.2, 0) is 11.2 Å². The Labute approximate surface area is 186 Å². The molecule has 0 saturated carbocycles. The maximum Gasteiger partial charge on any atom is 0.244 e. The third-order valence-corrected chi connectivity index (χ3v) is 5.19. The Morgan fingerprint density at radius 3 is 2.56 bits per heavy atom. The first-order valence-corrected chi connectivity index (χ1v) is 10.4. The number of aryl methyl sites for hydroxylation is 1. The first kappa shape index (κ1) is 21.2. The van der Waals surface area contributed by atoms with Gasteiger partial charge >= 0.3 is 0 Å². The van der Waals surface area contributed by atoms with Crippen molar-refractivity contribution in [3.63, 3.8) is 0 Å². The van der Waals surface area contributed by atoms with Gasteiger partial charge in [0.15, 0.2) is 0 Å². The molecule has 6 nitrogen and oxygen atoms in total. The molecule has 0 saturated heterocycles. The zero-order valence-electron chi connectivity index (χ0n) is 18.0. The summed E-state index contributed by atoms with van der Waals surface area (Å²) in [5, 5.41) is 11.8. The van der Waals surface area contributed by atoms with Crippen LogP contribution in [0.4, 0.5) is 4.39 Å². The van der Waals surface area contributed by atoms with Gasteiger partial charge in [-0.05, 0) is 68.3 Å². The number of halogens is 1. The highest BCUT2D eigenvalue weighted by Crippen LogP contribution is 2.19. The van der Waals surface area contributed by atoms with Crippen molar-refractivity contribution in [2.75, 3.05) is 6.54 Å². The van der Waals surface area contributed by atoms with Gasteiger partial charge in [0.1, 0.15) is 5.82 Å². The molecule has 0 fully saturated rings. The van der Waals surface area contributed by atoms with Crippen molar-refractivity contribution >= 4 is 12.0 Å². The summed E-state index contributed by atoms with van der Waals surface area (Å²) in [5.41, 5.74) is 5.36. The number of hydrogen-bond acceptors (Lipinski definition) is 3. The van der Waals surface area contributed by atoms with E-state index in [0.717, 1.165) is 33.9 Å². The lowest BCUT2D eigenvalue weighted by Crippen LogP contribution is -2.23. The highest BCUT2D eigenvalue weighted by atomic mass is 19.1. The van der Waals surface area contributed by atoms with Crippen molar-refractivity contribution in [3.05, 3.63) is 101 Å². The summed E-state index contributed by atoms with van der Waals surface area (Å²) < 4.78 is 16.8. The van der Waals surface area contributed by atoms with Gasteiger partial charge in [-0.3, -0.25) is 4.79 Å². The van der Waals surface area contributed by atoms with Crippen LogP contribution >= 0.6 is 0 Å². The van der Waals surface area contributed by atoms with Crippen LogP contribution in [-0.4, -0.2) is 32.0 Å². The molecule has 0 atom stereocenters.